The molecule has 0 bridgehead atoms. The predicted octanol–water partition coefficient (Wildman–Crippen LogP) is -0.583. The molecule has 13 heavy (non-hydrogen) atoms. The van der Waals surface area contributed by atoms with Crippen LogP contribution in [0.4, 0.5) is 0 Å². The van der Waals surface area contributed by atoms with Crippen LogP contribution in [-0.2, 0) is 4.74 Å². The summed E-state index contributed by atoms with van der Waals surface area (Å²) >= 11 is 0. The zero-order valence-electron chi connectivity index (χ0n) is 8.28. The van der Waals surface area contributed by atoms with Crippen LogP contribution in [0, 0.1) is 0 Å². The SMILES string of the molecule is CC1CN(CC(N)CO)CCCO1. The molecule has 4 heteroatoms. The van der Waals surface area contributed by atoms with Crippen molar-refractivity contribution in [2.24, 2.45) is 5.73 Å². The molecule has 78 valence electrons. The van der Waals surface area contributed by atoms with Gasteiger partial charge in [0.05, 0.1) is 12.7 Å². The number of ether oxygens (including phenoxy) is 1. The summed E-state index contributed by atoms with van der Waals surface area (Å²) in [7, 11) is 0. The molecular weight excluding hydrogens is 168 g/mol. The lowest BCUT2D eigenvalue weighted by Crippen LogP contribution is -2.42. The maximum absolute atomic E-state index is 8.82. The van der Waals surface area contributed by atoms with Gasteiger partial charge in [-0.3, -0.25) is 4.90 Å². The lowest BCUT2D eigenvalue weighted by molar-refractivity contribution is 0.0659. The Morgan fingerprint density at radius 2 is 2.46 bits per heavy atom. The molecule has 3 N–H and O–H groups in total. The molecule has 0 spiro atoms. The lowest BCUT2D eigenvalue weighted by atomic mass is 10.2. The van der Waals surface area contributed by atoms with Crippen LogP contribution in [0.25, 0.3) is 0 Å². The van der Waals surface area contributed by atoms with E-state index >= 15 is 0 Å². The van der Waals surface area contributed by atoms with Crippen molar-refractivity contribution in [2.45, 2.75) is 25.5 Å². The van der Waals surface area contributed by atoms with Gasteiger partial charge in [-0.2, -0.15) is 0 Å². The fraction of sp³-hybridized carbons (Fsp3) is 1.00. The number of hydrogen-bond acceptors (Lipinski definition) is 4. The first-order chi connectivity index (χ1) is 6.22. The molecule has 1 aliphatic rings. The van der Waals surface area contributed by atoms with Crippen LogP contribution in [-0.4, -0.2) is 55.0 Å². The normalized spacial score (nSPS) is 28.4. The van der Waals surface area contributed by atoms with E-state index in [1.165, 1.54) is 0 Å². The molecule has 0 amide bonds. The molecule has 0 aromatic carbocycles. The highest BCUT2D eigenvalue weighted by Gasteiger charge is 2.16. The van der Waals surface area contributed by atoms with Crippen molar-refractivity contribution in [3.8, 4) is 0 Å². The van der Waals surface area contributed by atoms with Crippen LogP contribution in [0.2, 0.25) is 0 Å². The van der Waals surface area contributed by atoms with Gasteiger partial charge in [0.1, 0.15) is 0 Å². The minimum absolute atomic E-state index is 0.0612. The molecule has 4 nitrogen and oxygen atoms in total. The number of nitrogens with two attached hydrogens (primary N) is 1. The minimum Gasteiger partial charge on any atom is -0.395 e. The highest BCUT2D eigenvalue weighted by Crippen LogP contribution is 2.05. The fourth-order valence-corrected chi connectivity index (χ4v) is 1.64. The summed E-state index contributed by atoms with van der Waals surface area (Å²) < 4.78 is 5.50. The van der Waals surface area contributed by atoms with E-state index in [1.807, 2.05) is 0 Å². The van der Waals surface area contributed by atoms with Crippen molar-refractivity contribution in [3.63, 3.8) is 0 Å². The van der Waals surface area contributed by atoms with Crippen molar-refractivity contribution in [2.75, 3.05) is 32.8 Å². The molecule has 1 heterocycles. The fourth-order valence-electron chi connectivity index (χ4n) is 1.64. The van der Waals surface area contributed by atoms with Crippen LogP contribution in [0.5, 0.6) is 0 Å². The number of aliphatic hydroxyl groups excluding tert-OH is 1. The van der Waals surface area contributed by atoms with E-state index < -0.39 is 0 Å². The Balaban J connectivity index is 2.30. The smallest absolute Gasteiger partial charge is 0.0673 e. The molecular formula is C9H20N2O2. The molecule has 0 aliphatic carbocycles. The van der Waals surface area contributed by atoms with E-state index in [0.29, 0.717) is 0 Å². The van der Waals surface area contributed by atoms with Gasteiger partial charge in [0.2, 0.25) is 0 Å². The average molecular weight is 188 g/mol. The average Bonchev–Trinajstić information content (AvgIpc) is 2.30. The molecule has 0 aromatic heterocycles. The van der Waals surface area contributed by atoms with Gasteiger partial charge in [-0.15, -0.1) is 0 Å². The molecule has 2 atom stereocenters. The van der Waals surface area contributed by atoms with E-state index in [9.17, 15) is 0 Å². The highest BCUT2D eigenvalue weighted by molar-refractivity contribution is 4.71. The number of aliphatic hydroxyl groups is 1. The van der Waals surface area contributed by atoms with Gasteiger partial charge >= 0.3 is 0 Å². The van der Waals surface area contributed by atoms with Crippen LogP contribution in [0.3, 0.4) is 0 Å². The van der Waals surface area contributed by atoms with Crippen molar-refractivity contribution < 1.29 is 9.84 Å². The monoisotopic (exact) mass is 188 g/mol. The van der Waals surface area contributed by atoms with Crippen LogP contribution in [0.1, 0.15) is 13.3 Å². The topological polar surface area (TPSA) is 58.7 Å². The Morgan fingerprint density at radius 3 is 3.15 bits per heavy atom. The summed E-state index contributed by atoms with van der Waals surface area (Å²) in [4.78, 5) is 2.26. The first-order valence-electron chi connectivity index (χ1n) is 4.92. The summed E-state index contributed by atoms with van der Waals surface area (Å²) in [5, 5.41) is 8.82. The second kappa shape index (κ2) is 5.54. The summed E-state index contributed by atoms with van der Waals surface area (Å²) in [6, 6.07) is -0.120. The molecule has 1 aliphatic heterocycles. The van der Waals surface area contributed by atoms with E-state index in [1.54, 1.807) is 0 Å². The molecule has 0 radical (unpaired) electrons. The standard InChI is InChI=1S/C9H20N2O2/c1-8-5-11(3-2-4-13-8)6-9(10)7-12/h8-9,12H,2-7,10H2,1H3. The quantitative estimate of drug-likeness (QED) is 0.622. The van der Waals surface area contributed by atoms with Gasteiger partial charge in [-0.1, -0.05) is 0 Å². The Bertz CT molecular complexity index is 144. The first kappa shape index (κ1) is 10.9. The van der Waals surface area contributed by atoms with Gasteiger partial charge in [0, 0.05) is 32.3 Å². The van der Waals surface area contributed by atoms with Crippen LogP contribution >= 0.6 is 0 Å². The number of nitrogens with zero attached hydrogens (tertiary/aromatic N) is 1. The summed E-state index contributed by atoms with van der Waals surface area (Å²) in [6.07, 6.45) is 1.34. The van der Waals surface area contributed by atoms with Crippen molar-refractivity contribution >= 4 is 0 Å². The zero-order chi connectivity index (χ0) is 9.68. The maximum atomic E-state index is 8.82. The van der Waals surface area contributed by atoms with Crippen molar-refractivity contribution in [1.29, 1.82) is 0 Å². The molecule has 0 saturated carbocycles. The zero-order valence-corrected chi connectivity index (χ0v) is 8.28. The van der Waals surface area contributed by atoms with E-state index in [2.05, 4.69) is 11.8 Å². The third-order valence-corrected chi connectivity index (χ3v) is 2.26. The molecule has 1 saturated heterocycles. The van der Waals surface area contributed by atoms with E-state index in [4.69, 9.17) is 15.6 Å². The summed E-state index contributed by atoms with van der Waals surface area (Å²) in [6.45, 7) is 5.69. The van der Waals surface area contributed by atoms with Crippen molar-refractivity contribution in [1.82, 2.24) is 4.90 Å². The van der Waals surface area contributed by atoms with Gasteiger partial charge in [0.25, 0.3) is 0 Å². The largest absolute Gasteiger partial charge is 0.395 e. The number of rotatable bonds is 3. The molecule has 1 fully saturated rings. The Hall–Kier alpha value is -0.160. The third-order valence-electron chi connectivity index (χ3n) is 2.26. The second-order valence-corrected chi connectivity index (χ2v) is 3.74. The van der Waals surface area contributed by atoms with Crippen molar-refractivity contribution in [3.05, 3.63) is 0 Å². The predicted molar refractivity (Wildman–Crippen MR) is 51.5 cm³/mol. The van der Waals surface area contributed by atoms with Gasteiger partial charge in [-0.25, -0.2) is 0 Å². The Labute approximate surface area is 79.7 Å². The Kier molecular flexibility index (Phi) is 4.66. The molecule has 2 unspecified atom stereocenters. The third kappa shape index (κ3) is 4.04. The summed E-state index contributed by atoms with van der Waals surface area (Å²) in [5.74, 6) is 0. The van der Waals surface area contributed by atoms with E-state index in [0.717, 1.165) is 32.7 Å². The maximum Gasteiger partial charge on any atom is 0.0673 e. The van der Waals surface area contributed by atoms with Gasteiger partial charge in [-0.05, 0) is 13.3 Å². The van der Waals surface area contributed by atoms with Crippen LogP contribution < -0.4 is 5.73 Å². The minimum atomic E-state index is -0.120. The van der Waals surface area contributed by atoms with Gasteiger partial charge in [0.15, 0.2) is 0 Å². The van der Waals surface area contributed by atoms with E-state index in [-0.39, 0.29) is 18.8 Å². The molecule has 0 aromatic rings. The van der Waals surface area contributed by atoms with Crippen LogP contribution in [0.15, 0.2) is 0 Å². The summed E-state index contributed by atoms with van der Waals surface area (Å²) in [5.41, 5.74) is 5.67. The lowest BCUT2D eigenvalue weighted by Gasteiger charge is -2.24. The number of hydrogen-bond donors (Lipinski definition) is 2. The Morgan fingerprint density at radius 1 is 1.69 bits per heavy atom. The first-order valence-corrected chi connectivity index (χ1v) is 4.92. The molecule has 1 rings (SSSR count). The second-order valence-electron chi connectivity index (χ2n) is 3.74. The van der Waals surface area contributed by atoms with Gasteiger partial charge < -0.3 is 15.6 Å². The highest BCUT2D eigenvalue weighted by atomic mass is 16.5.